The molecule has 0 unspecified atom stereocenters. The summed E-state index contributed by atoms with van der Waals surface area (Å²) in [6, 6.07) is 17.2. The van der Waals surface area contributed by atoms with Gasteiger partial charge in [-0.3, -0.25) is 9.48 Å². The number of nitrogens with one attached hydrogen (secondary N) is 1. The number of halogens is 1. The Hall–Kier alpha value is -4.10. The molecule has 1 amide bonds. The maximum Gasteiger partial charge on any atom is 0.335 e. The number of fused-ring (bicyclic) bond motifs is 3. The van der Waals surface area contributed by atoms with E-state index in [-0.39, 0.29) is 17.5 Å². The van der Waals surface area contributed by atoms with Crippen molar-refractivity contribution in [3.05, 3.63) is 100 Å². The second-order valence-corrected chi connectivity index (χ2v) is 8.52. The lowest BCUT2D eigenvalue weighted by Crippen LogP contribution is -2.27. The minimum atomic E-state index is -0.994. The molecule has 2 aromatic heterocycles. The molecule has 8 heteroatoms. The molecule has 0 radical (unpaired) electrons. The van der Waals surface area contributed by atoms with Crippen LogP contribution < -0.4 is 5.32 Å². The van der Waals surface area contributed by atoms with Crippen molar-refractivity contribution in [1.29, 1.82) is 0 Å². The van der Waals surface area contributed by atoms with Gasteiger partial charge in [-0.1, -0.05) is 35.9 Å². The van der Waals surface area contributed by atoms with Crippen molar-refractivity contribution in [2.24, 2.45) is 0 Å². The van der Waals surface area contributed by atoms with Crippen molar-refractivity contribution in [2.45, 2.75) is 19.5 Å². The van der Waals surface area contributed by atoms with Gasteiger partial charge in [-0.15, -0.1) is 0 Å². The summed E-state index contributed by atoms with van der Waals surface area (Å²) in [5.41, 5.74) is 3.74. The number of benzene rings is 3. The van der Waals surface area contributed by atoms with Crippen molar-refractivity contribution in [2.75, 3.05) is 0 Å². The number of carbonyl (C=O) groups is 2. The predicted molar refractivity (Wildman–Crippen MR) is 129 cm³/mol. The lowest BCUT2D eigenvalue weighted by Gasteiger charge is -2.16. The van der Waals surface area contributed by atoms with Crippen LogP contribution in [0, 0.1) is 0 Å². The summed E-state index contributed by atoms with van der Waals surface area (Å²) in [5.74, 6) is -1.26. The molecule has 170 valence electrons. The van der Waals surface area contributed by atoms with E-state index in [1.165, 1.54) is 12.1 Å². The summed E-state index contributed by atoms with van der Waals surface area (Å²) in [5, 5.41) is 18.8. The number of rotatable bonds is 6. The molecular formula is C26H20ClN3O4. The first kappa shape index (κ1) is 21.7. The zero-order valence-corrected chi connectivity index (χ0v) is 18.9. The average Bonchev–Trinajstić information content (AvgIpc) is 3.45. The first-order valence-electron chi connectivity index (χ1n) is 10.6. The molecule has 0 spiro atoms. The minimum absolute atomic E-state index is 0.194. The molecule has 0 fully saturated rings. The number of hydrogen-bond donors (Lipinski definition) is 2. The molecule has 0 bridgehead atoms. The highest BCUT2D eigenvalue weighted by atomic mass is 35.5. The number of amides is 1. The smallest absolute Gasteiger partial charge is 0.335 e. The standard InChI is InChI=1S/C26H20ClN3O4/c1-15(17-5-7-18(8-6-17)26(32)33)29-25(31)21-12-19-9-10-34-24(19)22-13-28-30(23(21)22)14-16-3-2-4-20(27)11-16/h2-13,15H,14H2,1H3,(H,29,31)(H,32,33)/t15-/m0/s1. The molecule has 0 aliphatic rings. The highest BCUT2D eigenvalue weighted by molar-refractivity contribution is 6.30. The van der Waals surface area contributed by atoms with E-state index in [9.17, 15) is 9.59 Å². The van der Waals surface area contributed by atoms with E-state index in [1.807, 2.05) is 37.3 Å². The van der Waals surface area contributed by atoms with Gasteiger partial charge in [0.25, 0.3) is 5.91 Å². The molecule has 0 saturated carbocycles. The third-order valence-electron chi connectivity index (χ3n) is 5.81. The van der Waals surface area contributed by atoms with Crippen LogP contribution in [0.2, 0.25) is 5.02 Å². The Bertz CT molecular complexity index is 1540. The third kappa shape index (κ3) is 4.02. The highest BCUT2D eigenvalue weighted by Crippen LogP contribution is 2.30. The minimum Gasteiger partial charge on any atom is -0.478 e. The van der Waals surface area contributed by atoms with Crippen molar-refractivity contribution in [3.8, 4) is 0 Å². The van der Waals surface area contributed by atoms with Gasteiger partial charge in [0.05, 0.1) is 47.1 Å². The number of hydrogen-bond acceptors (Lipinski definition) is 4. The van der Waals surface area contributed by atoms with Gasteiger partial charge in [-0.25, -0.2) is 4.79 Å². The lowest BCUT2D eigenvalue weighted by atomic mass is 10.0. The Morgan fingerprint density at radius 2 is 1.94 bits per heavy atom. The van der Waals surface area contributed by atoms with Crippen LogP contribution in [0.25, 0.3) is 21.9 Å². The second-order valence-electron chi connectivity index (χ2n) is 8.08. The van der Waals surface area contributed by atoms with E-state index < -0.39 is 5.97 Å². The van der Waals surface area contributed by atoms with Crippen LogP contribution in [0.4, 0.5) is 0 Å². The van der Waals surface area contributed by atoms with Crippen LogP contribution in [0.3, 0.4) is 0 Å². The van der Waals surface area contributed by atoms with E-state index in [4.69, 9.17) is 21.1 Å². The van der Waals surface area contributed by atoms with Crippen LogP contribution in [0.5, 0.6) is 0 Å². The number of aromatic carboxylic acids is 1. The Labute approximate surface area is 199 Å². The second kappa shape index (κ2) is 8.68. The molecular weight excluding hydrogens is 454 g/mol. The quantitative estimate of drug-likeness (QED) is 0.331. The predicted octanol–water partition coefficient (Wildman–Crippen LogP) is 5.67. The fourth-order valence-electron chi connectivity index (χ4n) is 4.08. The molecule has 0 aliphatic carbocycles. The maximum absolute atomic E-state index is 13.4. The topological polar surface area (TPSA) is 97.4 Å². The SMILES string of the molecule is C[C@H](NC(=O)c1cc2ccoc2c2cnn(Cc3cccc(Cl)c3)c12)c1ccc(C(=O)O)cc1. The summed E-state index contributed by atoms with van der Waals surface area (Å²) >= 11 is 6.15. The zero-order valence-electron chi connectivity index (χ0n) is 18.2. The fraction of sp³-hybridized carbons (Fsp3) is 0.115. The van der Waals surface area contributed by atoms with Gasteiger partial charge < -0.3 is 14.8 Å². The molecule has 34 heavy (non-hydrogen) atoms. The van der Waals surface area contributed by atoms with E-state index in [1.54, 1.807) is 35.3 Å². The molecule has 5 rings (SSSR count). The number of nitrogens with zero attached hydrogens (tertiary/aromatic N) is 2. The van der Waals surface area contributed by atoms with Crippen LogP contribution in [0.15, 0.2) is 77.5 Å². The first-order chi connectivity index (χ1) is 16.4. The number of carboxylic acid groups (broad SMARTS) is 1. The van der Waals surface area contributed by atoms with Gasteiger partial charge in [-0.05, 0) is 54.4 Å². The Balaban J connectivity index is 1.52. The molecule has 3 aromatic carbocycles. The van der Waals surface area contributed by atoms with Gasteiger partial charge in [0.1, 0.15) is 5.58 Å². The summed E-state index contributed by atoms with van der Waals surface area (Å²) in [6.45, 7) is 2.28. The molecule has 2 N–H and O–H groups in total. The van der Waals surface area contributed by atoms with Gasteiger partial charge in [-0.2, -0.15) is 5.10 Å². The number of carboxylic acids is 1. The van der Waals surface area contributed by atoms with E-state index in [0.29, 0.717) is 28.2 Å². The molecule has 1 atom stereocenters. The number of aromatic nitrogens is 2. The third-order valence-corrected chi connectivity index (χ3v) is 6.04. The largest absolute Gasteiger partial charge is 0.478 e. The molecule has 5 aromatic rings. The van der Waals surface area contributed by atoms with Crippen LogP contribution >= 0.6 is 11.6 Å². The molecule has 7 nitrogen and oxygen atoms in total. The van der Waals surface area contributed by atoms with Crippen LogP contribution in [-0.4, -0.2) is 26.8 Å². The fourth-order valence-corrected chi connectivity index (χ4v) is 4.30. The molecule has 2 heterocycles. The zero-order chi connectivity index (χ0) is 23.8. The number of carbonyl (C=O) groups excluding carboxylic acids is 1. The van der Waals surface area contributed by atoms with Gasteiger partial charge in [0, 0.05) is 10.4 Å². The van der Waals surface area contributed by atoms with Crippen molar-refractivity contribution >= 4 is 45.3 Å². The lowest BCUT2D eigenvalue weighted by molar-refractivity contribution is 0.0696. The Morgan fingerprint density at radius 1 is 1.15 bits per heavy atom. The maximum atomic E-state index is 13.4. The number of furan rings is 1. The van der Waals surface area contributed by atoms with E-state index in [2.05, 4.69) is 10.4 Å². The van der Waals surface area contributed by atoms with Crippen LogP contribution in [-0.2, 0) is 6.54 Å². The van der Waals surface area contributed by atoms with Crippen molar-refractivity contribution < 1.29 is 19.1 Å². The van der Waals surface area contributed by atoms with Crippen molar-refractivity contribution in [1.82, 2.24) is 15.1 Å². The normalized spacial score (nSPS) is 12.2. The average molecular weight is 474 g/mol. The molecule has 0 aliphatic heterocycles. The van der Waals surface area contributed by atoms with E-state index in [0.717, 1.165) is 21.9 Å². The molecule has 0 saturated heterocycles. The highest BCUT2D eigenvalue weighted by Gasteiger charge is 2.21. The van der Waals surface area contributed by atoms with Gasteiger partial charge in [0.2, 0.25) is 0 Å². The summed E-state index contributed by atoms with van der Waals surface area (Å²) in [4.78, 5) is 24.6. The summed E-state index contributed by atoms with van der Waals surface area (Å²) < 4.78 is 7.44. The first-order valence-corrected chi connectivity index (χ1v) is 11.0. The Morgan fingerprint density at radius 3 is 2.68 bits per heavy atom. The van der Waals surface area contributed by atoms with Crippen LogP contribution in [0.1, 0.15) is 44.8 Å². The van der Waals surface area contributed by atoms with Gasteiger partial charge in [0.15, 0.2) is 0 Å². The van der Waals surface area contributed by atoms with Gasteiger partial charge >= 0.3 is 5.97 Å². The summed E-state index contributed by atoms with van der Waals surface area (Å²) in [7, 11) is 0. The van der Waals surface area contributed by atoms with Crippen molar-refractivity contribution in [3.63, 3.8) is 0 Å². The monoisotopic (exact) mass is 473 g/mol. The van der Waals surface area contributed by atoms with E-state index >= 15 is 0 Å². The summed E-state index contributed by atoms with van der Waals surface area (Å²) in [6.07, 6.45) is 3.29. The Kier molecular flexibility index (Phi) is 5.55.